The Morgan fingerprint density at radius 1 is 0.923 bits per heavy atom. The third-order valence-electron chi connectivity index (χ3n) is 4.37. The molecule has 0 bridgehead atoms. The van der Waals surface area contributed by atoms with E-state index in [0.29, 0.717) is 30.3 Å². The summed E-state index contributed by atoms with van der Waals surface area (Å²) in [6, 6.07) is 14.6. The topological polar surface area (TPSA) is 52.6 Å². The van der Waals surface area contributed by atoms with Crippen molar-refractivity contribution < 1.29 is 19.1 Å². The molecule has 1 unspecified atom stereocenters. The average Bonchev–Trinajstić information content (AvgIpc) is 2.68. The molecule has 138 valence electrons. The highest BCUT2D eigenvalue weighted by Gasteiger charge is 2.09. The minimum atomic E-state index is -0.290. The molecule has 0 fully saturated rings. The second kappa shape index (κ2) is 9.76. The highest BCUT2D eigenvalue weighted by atomic mass is 16.5. The van der Waals surface area contributed by atoms with Crippen molar-refractivity contribution in [3.63, 3.8) is 0 Å². The molecule has 0 aromatic heterocycles. The van der Waals surface area contributed by atoms with Crippen molar-refractivity contribution in [3.8, 4) is 16.9 Å². The summed E-state index contributed by atoms with van der Waals surface area (Å²) in [5.41, 5.74) is 2.51. The Bertz CT molecular complexity index is 717. The Hall–Kier alpha value is -2.62. The van der Waals surface area contributed by atoms with Crippen LogP contribution in [0.15, 0.2) is 48.5 Å². The van der Waals surface area contributed by atoms with E-state index in [0.717, 1.165) is 24.0 Å². The largest absolute Gasteiger partial charge is 0.462 e. The van der Waals surface area contributed by atoms with E-state index in [1.54, 1.807) is 31.2 Å². The molecule has 4 nitrogen and oxygen atoms in total. The zero-order valence-corrected chi connectivity index (χ0v) is 15.7. The predicted molar refractivity (Wildman–Crippen MR) is 102 cm³/mol. The SMILES string of the molecule is CCC(=O)Oc1ccc(-c2ccc(C(=O)OCCC(C)CC)cc2)cc1. The van der Waals surface area contributed by atoms with Gasteiger partial charge >= 0.3 is 11.9 Å². The second-order valence-corrected chi connectivity index (χ2v) is 6.37. The van der Waals surface area contributed by atoms with Crippen molar-refractivity contribution in [2.24, 2.45) is 5.92 Å². The molecule has 1 atom stereocenters. The number of carbonyl (C=O) groups excluding carboxylic acids is 2. The van der Waals surface area contributed by atoms with Gasteiger partial charge in [-0.25, -0.2) is 4.79 Å². The highest BCUT2D eigenvalue weighted by Crippen LogP contribution is 2.23. The lowest BCUT2D eigenvalue weighted by molar-refractivity contribution is -0.134. The van der Waals surface area contributed by atoms with Crippen molar-refractivity contribution in [1.82, 2.24) is 0 Å². The third kappa shape index (κ3) is 5.73. The molecule has 2 aromatic rings. The highest BCUT2D eigenvalue weighted by molar-refractivity contribution is 5.90. The van der Waals surface area contributed by atoms with Gasteiger partial charge in [0, 0.05) is 6.42 Å². The summed E-state index contributed by atoms with van der Waals surface area (Å²) in [6.07, 6.45) is 2.31. The lowest BCUT2D eigenvalue weighted by Crippen LogP contribution is -2.08. The summed E-state index contributed by atoms with van der Waals surface area (Å²) in [4.78, 5) is 23.4. The van der Waals surface area contributed by atoms with E-state index in [1.165, 1.54) is 0 Å². The fourth-order valence-electron chi connectivity index (χ4n) is 2.36. The Labute approximate surface area is 155 Å². The second-order valence-electron chi connectivity index (χ2n) is 6.37. The molecule has 0 amide bonds. The minimum absolute atomic E-state index is 0.256. The summed E-state index contributed by atoms with van der Waals surface area (Å²) < 4.78 is 10.5. The van der Waals surface area contributed by atoms with Crippen LogP contribution in [-0.2, 0) is 9.53 Å². The Morgan fingerprint density at radius 3 is 2.04 bits per heavy atom. The predicted octanol–water partition coefficient (Wildman–Crippen LogP) is 5.26. The molecule has 0 aliphatic rings. The minimum Gasteiger partial charge on any atom is -0.462 e. The number of esters is 2. The van der Waals surface area contributed by atoms with Crippen LogP contribution in [0.2, 0.25) is 0 Å². The maximum Gasteiger partial charge on any atom is 0.338 e. The number of hydrogen-bond acceptors (Lipinski definition) is 4. The van der Waals surface area contributed by atoms with E-state index in [-0.39, 0.29) is 11.9 Å². The van der Waals surface area contributed by atoms with Crippen molar-refractivity contribution in [3.05, 3.63) is 54.1 Å². The monoisotopic (exact) mass is 354 g/mol. The molecule has 0 saturated carbocycles. The van der Waals surface area contributed by atoms with Gasteiger partial charge in [-0.15, -0.1) is 0 Å². The first-order valence-electron chi connectivity index (χ1n) is 9.11. The van der Waals surface area contributed by atoms with Gasteiger partial charge in [-0.1, -0.05) is 51.5 Å². The Balaban J connectivity index is 1.96. The number of hydrogen-bond donors (Lipinski definition) is 0. The molecule has 0 spiro atoms. The van der Waals surface area contributed by atoms with E-state index in [2.05, 4.69) is 13.8 Å². The molecule has 0 aliphatic heterocycles. The van der Waals surface area contributed by atoms with Crippen LogP contribution >= 0.6 is 0 Å². The van der Waals surface area contributed by atoms with Gasteiger partial charge in [0.2, 0.25) is 0 Å². The van der Waals surface area contributed by atoms with Crippen LogP contribution < -0.4 is 4.74 Å². The molecule has 0 heterocycles. The first kappa shape index (κ1) is 19.7. The standard InChI is InChI=1S/C22H26O4/c1-4-16(3)14-15-25-22(24)19-8-6-17(7-9-19)18-10-12-20(13-11-18)26-21(23)5-2/h6-13,16H,4-5,14-15H2,1-3H3. The number of benzene rings is 2. The molecule has 26 heavy (non-hydrogen) atoms. The van der Waals surface area contributed by atoms with Gasteiger partial charge in [-0.2, -0.15) is 0 Å². The molecule has 2 aromatic carbocycles. The van der Waals surface area contributed by atoms with Gasteiger partial charge in [0.05, 0.1) is 12.2 Å². The Kier molecular flexibility index (Phi) is 7.39. The van der Waals surface area contributed by atoms with Gasteiger partial charge in [0.15, 0.2) is 0 Å². The lowest BCUT2D eigenvalue weighted by Gasteiger charge is -2.09. The van der Waals surface area contributed by atoms with Gasteiger partial charge < -0.3 is 9.47 Å². The van der Waals surface area contributed by atoms with Crippen LogP contribution in [0.5, 0.6) is 5.75 Å². The molecule has 0 aliphatic carbocycles. The van der Waals surface area contributed by atoms with E-state index >= 15 is 0 Å². The zero-order valence-electron chi connectivity index (χ0n) is 15.7. The smallest absolute Gasteiger partial charge is 0.338 e. The number of rotatable bonds is 8. The van der Waals surface area contributed by atoms with Crippen molar-refractivity contribution in [2.45, 2.75) is 40.0 Å². The van der Waals surface area contributed by atoms with E-state index in [4.69, 9.17) is 9.47 Å². The van der Waals surface area contributed by atoms with Gasteiger partial charge in [-0.3, -0.25) is 4.79 Å². The molecular weight excluding hydrogens is 328 g/mol. The summed E-state index contributed by atoms with van der Waals surface area (Å²) in [5.74, 6) is 0.544. The molecule has 0 saturated heterocycles. The third-order valence-corrected chi connectivity index (χ3v) is 4.37. The average molecular weight is 354 g/mol. The van der Waals surface area contributed by atoms with Gasteiger partial charge in [0.25, 0.3) is 0 Å². The van der Waals surface area contributed by atoms with Gasteiger partial charge in [0.1, 0.15) is 5.75 Å². The molecular formula is C22H26O4. The zero-order chi connectivity index (χ0) is 18.9. The van der Waals surface area contributed by atoms with E-state index in [9.17, 15) is 9.59 Å². The fraction of sp³-hybridized carbons (Fsp3) is 0.364. The maximum atomic E-state index is 12.1. The van der Waals surface area contributed by atoms with Gasteiger partial charge in [-0.05, 0) is 47.7 Å². The quantitative estimate of drug-likeness (QED) is 0.479. The molecule has 4 heteroatoms. The summed E-state index contributed by atoms with van der Waals surface area (Å²) in [5, 5.41) is 0. The summed E-state index contributed by atoms with van der Waals surface area (Å²) in [6.45, 7) is 6.49. The first-order chi connectivity index (χ1) is 12.5. The molecule has 0 radical (unpaired) electrons. The fourth-order valence-corrected chi connectivity index (χ4v) is 2.36. The summed E-state index contributed by atoms with van der Waals surface area (Å²) >= 11 is 0. The van der Waals surface area contributed by atoms with Crippen molar-refractivity contribution in [1.29, 1.82) is 0 Å². The van der Waals surface area contributed by atoms with Crippen LogP contribution in [0, 0.1) is 5.92 Å². The number of carbonyl (C=O) groups is 2. The van der Waals surface area contributed by atoms with Crippen LogP contribution in [0.4, 0.5) is 0 Å². The summed E-state index contributed by atoms with van der Waals surface area (Å²) in [7, 11) is 0. The van der Waals surface area contributed by atoms with Crippen LogP contribution in [0.25, 0.3) is 11.1 Å². The Morgan fingerprint density at radius 2 is 1.50 bits per heavy atom. The lowest BCUT2D eigenvalue weighted by atomic mass is 10.0. The van der Waals surface area contributed by atoms with Crippen molar-refractivity contribution in [2.75, 3.05) is 6.61 Å². The molecule has 0 N–H and O–H groups in total. The molecule has 2 rings (SSSR count). The van der Waals surface area contributed by atoms with E-state index in [1.807, 2.05) is 24.3 Å². The van der Waals surface area contributed by atoms with Crippen molar-refractivity contribution >= 4 is 11.9 Å². The maximum absolute atomic E-state index is 12.1. The van der Waals surface area contributed by atoms with Crippen LogP contribution in [0.1, 0.15) is 50.4 Å². The normalized spacial score (nSPS) is 11.7. The van der Waals surface area contributed by atoms with Crippen LogP contribution in [0.3, 0.4) is 0 Å². The number of ether oxygens (including phenoxy) is 2. The van der Waals surface area contributed by atoms with Crippen LogP contribution in [-0.4, -0.2) is 18.5 Å². The van der Waals surface area contributed by atoms with E-state index < -0.39 is 0 Å². The first-order valence-corrected chi connectivity index (χ1v) is 9.11.